The molecule has 5 heteroatoms. The fourth-order valence-electron chi connectivity index (χ4n) is 4.21. The molecule has 0 radical (unpaired) electrons. The summed E-state index contributed by atoms with van der Waals surface area (Å²) in [5.74, 6) is 0.00794. The van der Waals surface area contributed by atoms with Crippen molar-refractivity contribution >= 4 is 0 Å². The van der Waals surface area contributed by atoms with Crippen molar-refractivity contribution in [2.24, 2.45) is 11.7 Å². The summed E-state index contributed by atoms with van der Waals surface area (Å²) in [5, 5.41) is 9.73. The minimum absolute atomic E-state index is 0.00794. The van der Waals surface area contributed by atoms with Crippen LogP contribution in [0.2, 0.25) is 0 Å². The van der Waals surface area contributed by atoms with Crippen molar-refractivity contribution in [3.05, 3.63) is 59.2 Å². The number of nitrogens with zero attached hydrogens (tertiary/aromatic N) is 4. The molecule has 1 saturated heterocycles. The zero-order chi connectivity index (χ0) is 19.2. The predicted octanol–water partition coefficient (Wildman–Crippen LogP) is 3.85. The molecular formula is C22H29N5. The van der Waals surface area contributed by atoms with Crippen LogP contribution in [0.15, 0.2) is 36.7 Å². The van der Waals surface area contributed by atoms with E-state index in [1.54, 1.807) is 0 Å². The lowest BCUT2D eigenvalue weighted by molar-refractivity contribution is 0.0571. The molecule has 0 saturated carbocycles. The van der Waals surface area contributed by atoms with Crippen molar-refractivity contribution in [3.63, 3.8) is 0 Å². The monoisotopic (exact) mass is 363 g/mol. The van der Waals surface area contributed by atoms with Gasteiger partial charge in [-0.3, -0.25) is 14.9 Å². The van der Waals surface area contributed by atoms with E-state index in [4.69, 9.17) is 15.7 Å². The topological polar surface area (TPSA) is 78.8 Å². The Morgan fingerprint density at radius 2 is 1.59 bits per heavy atom. The van der Waals surface area contributed by atoms with Crippen molar-refractivity contribution in [2.45, 2.75) is 51.6 Å². The van der Waals surface area contributed by atoms with Crippen LogP contribution in [0.25, 0.3) is 0 Å². The molecule has 0 bridgehead atoms. The first-order valence-corrected chi connectivity index (χ1v) is 9.84. The van der Waals surface area contributed by atoms with Gasteiger partial charge in [-0.2, -0.15) is 5.26 Å². The Bertz CT molecular complexity index is 742. The molecule has 0 aliphatic carbocycles. The number of piperidine rings is 1. The third-order valence-corrected chi connectivity index (χ3v) is 5.60. The summed E-state index contributed by atoms with van der Waals surface area (Å²) in [6, 6.07) is 11.0. The molecule has 5 nitrogen and oxygen atoms in total. The van der Waals surface area contributed by atoms with Gasteiger partial charge in [0.05, 0.1) is 35.5 Å². The maximum Gasteiger partial charge on any atom is 0.0657 e. The van der Waals surface area contributed by atoms with Crippen LogP contribution in [-0.2, 0) is 0 Å². The van der Waals surface area contributed by atoms with E-state index in [1.165, 1.54) is 11.1 Å². The lowest BCUT2D eigenvalue weighted by atomic mass is 9.82. The third kappa shape index (κ3) is 4.35. The quantitative estimate of drug-likeness (QED) is 0.789. The molecule has 1 aliphatic heterocycles. The van der Waals surface area contributed by atoms with Gasteiger partial charge in [-0.05, 0) is 75.9 Å². The summed E-state index contributed by atoms with van der Waals surface area (Å²) >= 11 is 0. The first kappa shape index (κ1) is 19.5. The average molecular weight is 364 g/mol. The molecule has 3 heterocycles. The molecule has 0 aromatic carbocycles. The van der Waals surface area contributed by atoms with Crippen LogP contribution in [0.5, 0.6) is 0 Å². The molecular weight excluding hydrogens is 334 g/mol. The number of nitriles is 1. The molecule has 2 aromatic heterocycles. The van der Waals surface area contributed by atoms with Crippen molar-refractivity contribution in [1.82, 2.24) is 14.9 Å². The second-order valence-electron chi connectivity index (χ2n) is 7.47. The van der Waals surface area contributed by atoms with Crippen molar-refractivity contribution < 1.29 is 0 Å². The molecule has 1 unspecified atom stereocenters. The second kappa shape index (κ2) is 9.07. The number of hydrogen-bond donors (Lipinski definition) is 1. The standard InChI is InChI=1S/C22H29N5/c1-16-7-5-10-25-21(16)19-13-18(15-24)14-20(27(19)12-4-3-9-23)22-17(2)8-6-11-26-22/h5-8,10-11,18-20H,3-4,9,12-14,23H2,1-2H3/t18?,19-,20+. The Labute approximate surface area is 162 Å². The van der Waals surface area contributed by atoms with Gasteiger partial charge in [0.2, 0.25) is 0 Å². The summed E-state index contributed by atoms with van der Waals surface area (Å²) in [6.07, 6.45) is 7.39. The number of pyridine rings is 2. The number of nitrogens with two attached hydrogens (primary N) is 1. The first-order valence-electron chi connectivity index (χ1n) is 9.84. The zero-order valence-electron chi connectivity index (χ0n) is 16.3. The van der Waals surface area contributed by atoms with E-state index in [0.717, 1.165) is 43.6 Å². The maximum atomic E-state index is 9.73. The van der Waals surface area contributed by atoms with Gasteiger partial charge < -0.3 is 5.73 Å². The summed E-state index contributed by atoms with van der Waals surface area (Å²) in [7, 11) is 0. The lowest BCUT2D eigenvalue weighted by Crippen LogP contribution is -2.41. The van der Waals surface area contributed by atoms with E-state index < -0.39 is 0 Å². The third-order valence-electron chi connectivity index (χ3n) is 5.60. The van der Waals surface area contributed by atoms with E-state index in [2.05, 4.69) is 36.9 Å². The van der Waals surface area contributed by atoms with Gasteiger partial charge in [-0.25, -0.2) is 0 Å². The molecule has 0 spiro atoms. The molecule has 1 aliphatic rings. The summed E-state index contributed by atoms with van der Waals surface area (Å²) in [6.45, 7) is 5.86. The van der Waals surface area contributed by atoms with Crippen LogP contribution < -0.4 is 5.73 Å². The number of aryl methyl sites for hydroxylation is 2. The van der Waals surface area contributed by atoms with Gasteiger partial charge >= 0.3 is 0 Å². The van der Waals surface area contributed by atoms with Gasteiger partial charge in [-0.15, -0.1) is 0 Å². The predicted molar refractivity (Wildman–Crippen MR) is 107 cm³/mol. The fourth-order valence-corrected chi connectivity index (χ4v) is 4.21. The van der Waals surface area contributed by atoms with E-state index in [1.807, 2.05) is 24.5 Å². The van der Waals surface area contributed by atoms with Gasteiger partial charge in [0.15, 0.2) is 0 Å². The van der Waals surface area contributed by atoms with Crippen LogP contribution in [0, 0.1) is 31.1 Å². The van der Waals surface area contributed by atoms with Crippen LogP contribution in [0.3, 0.4) is 0 Å². The van der Waals surface area contributed by atoms with Crippen molar-refractivity contribution in [3.8, 4) is 6.07 Å². The smallest absolute Gasteiger partial charge is 0.0657 e. The fraction of sp³-hybridized carbons (Fsp3) is 0.500. The largest absolute Gasteiger partial charge is 0.330 e. The Morgan fingerprint density at radius 1 is 1.04 bits per heavy atom. The normalized spacial score (nSPS) is 23.1. The molecule has 3 atom stereocenters. The van der Waals surface area contributed by atoms with Crippen LogP contribution in [0.1, 0.15) is 60.3 Å². The number of aromatic nitrogens is 2. The Balaban J connectivity index is 2.02. The van der Waals surface area contributed by atoms with E-state index in [0.29, 0.717) is 6.54 Å². The van der Waals surface area contributed by atoms with Crippen molar-refractivity contribution in [2.75, 3.05) is 13.1 Å². The Hall–Kier alpha value is -2.29. The molecule has 2 aromatic rings. The van der Waals surface area contributed by atoms with E-state index in [-0.39, 0.29) is 18.0 Å². The van der Waals surface area contributed by atoms with Gasteiger partial charge in [-0.1, -0.05) is 12.1 Å². The van der Waals surface area contributed by atoms with Crippen LogP contribution in [-0.4, -0.2) is 28.0 Å². The number of likely N-dealkylation sites (tertiary alicyclic amines) is 1. The highest BCUT2D eigenvalue weighted by Gasteiger charge is 2.39. The zero-order valence-corrected chi connectivity index (χ0v) is 16.3. The minimum atomic E-state index is 0.00794. The highest BCUT2D eigenvalue weighted by Crippen LogP contribution is 2.44. The lowest BCUT2D eigenvalue weighted by Gasteiger charge is -2.44. The highest BCUT2D eigenvalue weighted by molar-refractivity contribution is 5.27. The molecule has 1 fully saturated rings. The van der Waals surface area contributed by atoms with Crippen LogP contribution >= 0.6 is 0 Å². The summed E-state index contributed by atoms with van der Waals surface area (Å²) < 4.78 is 0. The van der Waals surface area contributed by atoms with Crippen molar-refractivity contribution in [1.29, 1.82) is 5.26 Å². The van der Waals surface area contributed by atoms with Gasteiger partial charge in [0.1, 0.15) is 0 Å². The molecule has 0 amide bonds. The molecule has 2 N–H and O–H groups in total. The molecule has 27 heavy (non-hydrogen) atoms. The first-order chi connectivity index (χ1) is 13.2. The second-order valence-corrected chi connectivity index (χ2v) is 7.47. The number of unbranched alkanes of at least 4 members (excludes halogenated alkanes) is 1. The number of hydrogen-bond acceptors (Lipinski definition) is 5. The molecule has 3 rings (SSSR count). The summed E-state index contributed by atoms with van der Waals surface area (Å²) in [4.78, 5) is 11.9. The Morgan fingerprint density at radius 3 is 2.04 bits per heavy atom. The number of rotatable bonds is 6. The highest BCUT2D eigenvalue weighted by atomic mass is 15.2. The maximum absolute atomic E-state index is 9.73. The SMILES string of the molecule is Cc1cccnc1[C@H]1CC(C#N)C[C@@H](c2ncccc2C)N1CCCCN. The van der Waals surface area contributed by atoms with Gasteiger partial charge in [0.25, 0.3) is 0 Å². The van der Waals surface area contributed by atoms with Crippen LogP contribution in [0.4, 0.5) is 0 Å². The minimum Gasteiger partial charge on any atom is -0.330 e. The average Bonchev–Trinajstić information content (AvgIpc) is 2.69. The van der Waals surface area contributed by atoms with Gasteiger partial charge in [0, 0.05) is 12.4 Å². The van der Waals surface area contributed by atoms with E-state index in [9.17, 15) is 5.26 Å². The molecule has 142 valence electrons. The summed E-state index contributed by atoms with van der Waals surface area (Å²) in [5.41, 5.74) is 10.3. The van der Waals surface area contributed by atoms with E-state index >= 15 is 0 Å². The Kier molecular flexibility index (Phi) is 6.54.